The number of carboxylic acids is 1. The second-order valence-corrected chi connectivity index (χ2v) is 3.97. The predicted octanol–water partition coefficient (Wildman–Crippen LogP) is -1.64. The third kappa shape index (κ3) is 4.90. The van der Waals surface area contributed by atoms with Gasteiger partial charge in [-0.2, -0.15) is 0 Å². The molecule has 0 aromatic rings. The maximum Gasteiger partial charge on any atom is 0.317 e. The van der Waals surface area contributed by atoms with E-state index in [1.165, 1.54) is 0 Å². The van der Waals surface area contributed by atoms with Gasteiger partial charge in [-0.05, 0) is 6.72 Å². The van der Waals surface area contributed by atoms with Crippen LogP contribution >= 0.6 is 0 Å². The summed E-state index contributed by atoms with van der Waals surface area (Å²) >= 11 is 0. The van der Waals surface area contributed by atoms with E-state index in [0.29, 0.717) is 0 Å². The van der Waals surface area contributed by atoms with Crippen molar-refractivity contribution in [1.29, 1.82) is 0 Å². The number of piperazine rings is 1. The summed E-state index contributed by atoms with van der Waals surface area (Å²) in [6.07, 6.45) is 1.08. The fraction of sp³-hybridized carbons (Fsp3) is 0.800. The summed E-state index contributed by atoms with van der Waals surface area (Å²) in [5.74, 6) is -0.727. The maximum absolute atomic E-state index is 10.5. The molecule has 0 radical (unpaired) electrons. The Bertz CT molecular complexity index is 213. The van der Waals surface area contributed by atoms with Crippen molar-refractivity contribution in [3.8, 4) is 0 Å². The molecular formula is C10H20N3O2+. The lowest BCUT2D eigenvalue weighted by atomic mass is 10.3. The lowest BCUT2D eigenvalue weighted by Gasteiger charge is -2.30. The molecule has 0 amide bonds. The van der Waals surface area contributed by atoms with E-state index in [2.05, 4.69) is 11.7 Å². The number of carboxylic acid groups (broad SMARTS) is 1. The van der Waals surface area contributed by atoms with Crippen molar-refractivity contribution in [2.24, 2.45) is 4.99 Å². The number of quaternary nitrogens is 1. The SMILES string of the molecule is C=NCCC[NH+]1CCN(CC(=O)O)CC1. The zero-order valence-electron chi connectivity index (χ0n) is 9.11. The molecule has 1 aliphatic rings. The van der Waals surface area contributed by atoms with Gasteiger partial charge < -0.3 is 15.0 Å². The molecule has 0 aromatic heterocycles. The van der Waals surface area contributed by atoms with Gasteiger partial charge in [0.05, 0.1) is 26.2 Å². The molecule has 1 saturated heterocycles. The number of hydrogen-bond acceptors (Lipinski definition) is 3. The fourth-order valence-electron chi connectivity index (χ4n) is 1.91. The van der Waals surface area contributed by atoms with Gasteiger partial charge in [-0.3, -0.25) is 9.69 Å². The average Bonchev–Trinajstić information content (AvgIpc) is 2.20. The number of nitrogens with one attached hydrogen (secondary N) is 1. The van der Waals surface area contributed by atoms with Crippen LogP contribution in [-0.2, 0) is 4.79 Å². The van der Waals surface area contributed by atoms with Crippen LogP contribution in [0, 0.1) is 0 Å². The van der Waals surface area contributed by atoms with Crippen molar-refractivity contribution in [1.82, 2.24) is 4.90 Å². The quantitative estimate of drug-likeness (QED) is 0.412. The van der Waals surface area contributed by atoms with Gasteiger partial charge in [0.15, 0.2) is 0 Å². The minimum absolute atomic E-state index is 0.182. The van der Waals surface area contributed by atoms with Crippen molar-refractivity contribution in [3.63, 3.8) is 0 Å². The van der Waals surface area contributed by atoms with E-state index in [1.54, 1.807) is 4.90 Å². The van der Waals surface area contributed by atoms with Crippen molar-refractivity contribution in [2.45, 2.75) is 6.42 Å². The molecule has 1 rings (SSSR count). The Balaban J connectivity index is 2.12. The highest BCUT2D eigenvalue weighted by atomic mass is 16.4. The van der Waals surface area contributed by atoms with Crippen LogP contribution in [-0.4, -0.2) is 68.5 Å². The van der Waals surface area contributed by atoms with E-state index in [4.69, 9.17) is 5.11 Å². The van der Waals surface area contributed by atoms with Crippen LogP contribution in [0.1, 0.15) is 6.42 Å². The first-order chi connectivity index (χ1) is 7.22. The molecule has 0 atom stereocenters. The largest absolute Gasteiger partial charge is 0.480 e. The molecular weight excluding hydrogens is 194 g/mol. The van der Waals surface area contributed by atoms with Crippen LogP contribution in [0.25, 0.3) is 0 Å². The molecule has 5 heteroatoms. The summed E-state index contributed by atoms with van der Waals surface area (Å²) < 4.78 is 0. The smallest absolute Gasteiger partial charge is 0.317 e. The van der Waals surface area contributed by atoms with E-state index in [1.807, 2.05) is 4.90 Å². The summed E-state index contributed by atoms with van der Waals surface area (Å²) in [7, 11) is 0. The molecule has 15 heavy (non-hydrogen) atoms. The Morgan fingerprint density at radius 3 is 2.67 bits per heavy atom. The van der Waals surface area contributed by atoms with Crippen LogP contribution in [0.2, 0.25) is 0 Å². The summed E-state index contributed by atoms with van der Waals surface area (Å²) in [4.78, 5) is 17.9. The zero-order valence-corrected chi connectivity index (χ0v) is 9.11. The van der Waals surface area contributed by atoms with Crippen LogP contribution in [0.3, 0.4) is 0 Å². The number of hydrogen-bond donors (Lipinski definition) is 2. The van der Waals surface area contributed by atoms with Crippen molar-refractivity contribution < 1.29 is 14.8 Å². The van der Waals surface area contributed by atoms with E-state index in [-0.39, 0.29) is 6.54 Å². The van der Waals surface area contributed by atoms with Gasteiger partial charge >= 0.3 is 5.97 Å². The Morgan fingerprint density at radius 2 is 2.13 bits per heavy atom. The van der Waals surface area contributed by atoms with Gasteiger partial charge in [0.25, 0.3) is 0 Å². The first-order valence-electron chi connectivity index (χ1n) is 5.42. The lowest BCUT2D eigenvalue weighted by Crippen LogP contribution is -3.14. The molecule has 0 aliphatic carbocycles. The van der Waals surface area contributed by atoms with Gasteiger partial charge in [-0.15, -0.1) is 0 Å². The van der Waals surface area contributed by atoms with Gasteiger partial charge in [-0.1, -0.05) is 0 Å². The summed E-state index contributed by atoms with van der Waals surface area (Å²) in [6, 6.07) is 0. The third-order valence-electron chi connectivity index (χ3n) is 2.77. The second kappa shape index (κ2) is 6.53. The normalized spacial score (nSPS) is 18.9. The summed E-state index contributed by atoms with van der Waals surface area (Å²) in [5.41, 5.74) is 0. The Hall–Kier alpha value is -0.940. The van der Waals surface area contributed by atoms with Crippen LogP contribution in [0.15, 0.2) is 4.99 Å². The highest BCUT2D eigenvalue weighted by Crippen LogP contribution is 1.88. The summed E-state index contributed by atoms with van der Waals surface area (Å²) in [6.45, 7) is 9.47. The number of carbonyl (C=O) groups is 1. The molecule has 0 saturated carbocycles. The monoisotopic (exact) mass is 214 g/mol. The molecule has 2 N–H and O–H groups in total. The number of aliphatic carboxylic acids is 1. The predicted molar refractivity (Wildman–Crippen MR) is 58.7 cm³/mol. The lowest BCUT2D eigenvalue weighted by molar-refractivity contribution is -0.904. The highest BCUT2D eigenvalue weighted by molar-refractivity contribution is 5.69. The Morgan fingerprint density at radius 1 is 1.47 bits per heavy atom. The molecule has 0 spiro atoms. The molecule has 0 unspecified atom stereocenters. The fourth-order valence-corrected chi connectivity index (χ4v) is 1.91. The number of aliphatic imine (C=N–C) groups is 1. The minimum Gasteiger partial charge on any atom is -0.480 e. The van der Waals surface area contributed by atoms with Crippen LogP contribution < -0.4 is 4.90 Å². The van der Waals surface area contributed by atoms with E-state index in [0.717, 1.165) is 45.7 Å². The van der Waals surface area contributed by atoms with Gasteiger partial charge in [0.1, 0.15) is 0 Å². The van der Waals surface area contributed by atoms with E-state index < -0.39 is 5.97 Å². The van der Waals surface area contributed by atoms with Crippen LogP contribution in [0.5, 0.6) is 0 Å². The van der Waals surface area contributed by atoms with E-state index >= 15 is 0 Å². The van der Waals surface area contributed by atoms with E-state index in [9.17, 15) is 4.79 Å². The average molecular weight is 214 g/mol. The zero-order chi connectivity index (χ0) is 11.1. The molecule has 1 aliphatic heterocycles. The highest BCUT2D eigenvalue weighted by Gasteiger charge is 2.20. The Labute approximate surface area is 90.4 Å². The molecule has 0 aromatic carbocycles. The maximum atomic E-state index is 10.5. The van der Waals surface area contributed by atoms with Gasteiger partial charge in [0, 0.05) is 26.1 Å². The first kappa shape index (κ1) is 12.1. The van der Waals surface area contributed by atoms with Crippen molar-refractivity contribution >= 4 is 12.7 Å². The third-order valence-corrected chi connectivity index (χ3v) is 2.77. The number of rotatable bonds is 6. The van der Waals surface area contributed by atoms with Crippen molar-refractivity contribution in [3.05, 3.63) is 0 Å². The number of nitrogens with zero attached hydrogens (tertiary/aromatic N) is 2. The molecule has 0 bridgehead atoms. The van der Waals surface area contributed by atoms with Gasteiger partial charge in [0.2, 0.25) is 0 Å². The Kier molecular flexibility index (Phi) is 5.28. The standard InChI is InChI=1S/C10H19N3O2/c1-11-3-2-4-12-5-7-13(8-6-12)9-10(14)15/h1-9H2,(H,14,15)/p+1. The second-order valence-electron chi connectivity index (χ2n) is 3.97. The van der Waals surface area contributed by atoms with Crippen molar-refractivity contribution in [2.75, 3.05) is 45.8 Å². The molecule has 1 fully saturated rings. The molecule has 86 valence electrons. The van der Waals surface area contributed by atoms with Gasteiger partial charge in [-0.25, -0.2) is 0 Å². The molecule has 5 nitrogen and oxygen atoms in total. The summed E-state index contributed by atoms with van der Waals surface area (Å²) in [5, 5.41) is 8.64. The minimum atomic E-state index is -0.727. The van der Waals surface area contributed by atoms with Crippen LogP contribution in [0.4, 0.5) is 0 Å². The first-order valence-corrected chi connectivity index (χ1v) is 5.42. The molecule has 1 heterocycles. The topological polar surface area (TPSA) is 57.3 Å².